The van der Waals surface area contributed by atoms with Gasteiger partial charge in [0.15, 0.2) is 0 Å². The largest absolute Gasteiger partial charge is 0.262 e. The van der Waals surface area contributed by atoms with Crippen LogP contribution in [0.25, 0.3) is 0 Å². The Morgan fingerprint density at radius 2 is 2.12 bits per heavy atom. The Morgan fingerprint density at radius 3 is 2.38 bits per heavy atom. The predicted octanol–water partition coefficient (Wildman–Crippen LogP) is 1.01. The minimum absolute atomic E-state index is 0. The molecule has 8 heavy (non-hydrogen) atoms. The first-order valence-electron chi connectivity index (χ1n) is 2.27. The van der Waals surface area contributed by atoms with Crippen molar-refractivity contribution in [2.75, 3.05) is 0 Å². The third-order valence-electron chi connectivity index (χ3n) is 0.813. The number of hydrogen-bond donors (Lipinski definition) is 0. The van der Waals surface area contributed by atoms with Crippen molar-refractivity contribution in [1.29, 1.82) is 0 Å². The van der Waals surface area contributed by atoms with E-state index in [9.17, 15) is 0 Å². The zero-order valence-corrected chi connectivity index (χ0v) is 5.99. The van der Waals surface area contributed by atoms with Gasteiger partial charge in [0, 0.05) is 29.3 Å². The van der Waals surface area contributed by atoms with Gasteiger partial charge < -0.3 is 0 Å². The topological polar surface area (TPSA) is 12.9 Å². The van der Waals surface area contributed by atoms with Gasteiger partial charge in [-0.05, 0) is 19.1 Å². The molecule has 1 nitrogen and oxygen atoms in total. The lowest BCUT2D eigenvalue weighted by Gasteiger charge is -1.82. The molecule has 1 aromatic rings. The Morgan fingerprint density at radius 1 is 1.38 bits per heavy atom. The third kappa shape index (κ3) is 2.11. The molecule has 0 bridgehead atoms. The molecule has 1 rings (SSSR count). The zero-order chi connectivity index (χ0) is 5.11. The molecular weight excluding hydrogens is 113 g/mol. The van der Waals surface area contributed by atoms with E-state index in [1.807, 2.05) is 25.1 Å². The fraction of sp³-hybridized carbons (Fsp3) is 0.167. The van der Waals surface area contributed by atoms with E-state index in [4.69, 9.17) is 0 Å². The molecule has 0 atom stereocenters. The third-order valence-corrected chi connectivity index (χ3v) is 0.813. The number of hydrogen-bond acceptors (Lipinski definition) is 1. The van der Waals surface area contributed by atoms with Crippen LogP contribution in [0.2, 0.25) is 0 Å². The Labute approximate surface area is 59.9 Å². The van der Waals surface area contributed by atoms with Crippen LogP contribution in [-0.4, -0.2) is 22.3 Å². The van der Waals surface area contributed by atoms with Gasteiger partial charge in [-0.25, -0.2) is 0 Å². The zero-order valence-electron chi connectivity index (χ0n) is 4.83. The monoisotopic (exact) mass is 120 g/mol. The van der Waals surface area contributed by atoms with Gasteiger partial charge >= 0.3 is 0 Å². The van der Waals surface area contributed by atoms with E-state index in [0.29, 0.717) is 0 Å². The lowest BCUT2D eigenvalue weighted by molar-refractivity contribution is 1.20. The van der Waals surface area contributed by atoms with Crippen LogP contribution in [0.4, 0.5) is 0 Å². The molecule has 0 fully saturated rings. The smallest absolute Gasteiger partial charge is 0.0372 e. The first-order valence-corrected chi connectivity index (χ1v) is 2.27. The fourth-order valence-electron chi connectivity index (χ4n) is 0.448. The van der Waals surface area contributed by atoms with E-state index in [1.165, 1.54) is 0 Å². The summed E-state index contributed by atoms with van der Waals surface area (Å²) in [4.78, 5) is 3.98. The second-order valence-corrected chi connectivity index (χ2v) is 1.47. The summed E-state index contributed by atoms with van der Waals surface area (Å²) in [5.74, 6) is 0. The molecule has 0 aromatic carbocycles. The first-order chi connectivity index (χ1) is 3.39. The predicted molar refractivity (Wildman–Crippen MR) is 34.7 cm³/mol. The summed E-state index contributed by atoms with van der Waals surface area (Å²) in [6, 6.07) is 5.86. The van der Waals surface area contributed by atoms with Crippen LogP contribution in [0.5, 0.6) is 0 Å². The average molecular weight is 120 g/mol. The quantitative estimate of drug-likeness (QED) is 0.465. The van der Waals surface area contributed by atoms with Gasteiger partial charge in [-0.1, -0.05) is 6.07 Å². The van der Waals surface area contributed by atoms with E-state index in [0.717, 1.165) is 5.69 Å². The molecule has 0 unspecified atom stereocenters. The van der Waals surface area contributed by atoms with E-state index in [1.54, 1.807) is 6.20 Å². The highest BCUT2D eigenvalue weighted by molar-refractivity contribution is 5.75. The maximum Gasteiger partial charge on any atom is 0.0372 e. The molecule has 0 N–H and O–H groups in total. The lowest BCUT2D eigenvalue weighted by atomic mass is 10.4. The van der Waals surface area contributed by atoms with Gasteiger partial charge in [0.1, 0.15) is 0 Å². The molecule has 0 spiro atoms. The van der Waals surface area contributed by atoms with Crippen molar-refractivity contribution in [3.05, 3.63) is 30.1 Å². The Balaban J connectivity index is 0.000000490. The minimum atomic E-state index is 0. The standard InChI is InChI=1S/C6H7N.Al/c1-6-4-2-3-5-7-6;/h2-5H,1H3;. The molecule has 0 amide bonds. The van der Waals surface area contributed by atoms with Crippen molar-refractivity contribution in [3.8, 4) is 0 Å². The van der Waals surface area contributed by atoms with Crippen LogP contribution in [-0.2, 0) is 0 Å². The summed E-state index contributed by atoms with van der Waals surface area (Å²) in [6.07, 6.45) is 1.79. The highest BCUT2D eigenvalue weighted by Gasteiger charge is 1.73. The van der Waals surface area contributed by atoms with Crippen LogP contribution in [0.15, 0.2) is 24.4 Å². The van der Waals surface area contributed by atoms with E-state index in [-0.39, 0.29) is 17.4 Å². The molecule has 0 aliphatic carbocycles. The fourth-order valence-corrected chi connectivity index (χ4v) is 0.448. The summed E-state index contributed by atoms with van der Waals surface area (Å²) in [5, 5.41) is 0. The molecule has 0 saturated carbocycles. The van der Waals surface area contributed by atoms with Crippen molar-refractivity contribution in [3.63, 3.8) is 0 Å². The summed E-state index contributed by atoms with van der Waals surface area (Å²) >= 11 is 0. The molecule has 0 aliphatic rings. The molecule has 3 radical (unpaired) electrons. The molecule has 2 heteroatoms. The molecule has 0 saturated heterocycles. The normalized spacial score (nSPS) is 7.62. The summed E-state index contributed by atoms with van der Waals surface area (Å²) in [7, 11) is 0. The SMILES string of the molecule is Cc1ccccn1.[Al]. The van der Waals surface area contributed by atoms with Crippen molar-refractivity contribution in [2.45, 2.75) is 6.92 Å². The van der Waals surface area contributed by atoms with Crippen LogP contribution in [0.1, 0.15) is 5.69 Å². The summed E-state index contributed by atoms with van der Waals surface area (Å²) < 4.78 is 0. The van der Waals surface area contributed by atoms with Crippen LogP contribution >= 0.6 is 0 Å². The first kappa shape index (κ1) is 7.68. The maximum atomic E-state index is 3.98. The summed E-state index contributed by atoms with van der Waals surface area (Å²) in [5.41, 5.74) is 1.07. The molecule has 1 aromatic heterocycles. The molecule has 0 aliphatic heterocycles. The van der Waals surface area contributed by atoms with E-state index >= 15 is 0 Å². The van der Waals surface area contributed by atoms with Crippen LogP contribution in [0, 0.1) is 6.92 Å². The number of aryl methyl sites for hydroxylation is 1. The van der Waals surface area contributed by atoms with Crippen molar-refractivity contribution in [1.82, 2.24) is 4.98 Å². The van der Waals surface area contributed by atoms with Crippen LogP contribution in [0.3, 0.4) is 0 Å². The number of nitrogens with zero attached hydrogens (tertiary/aromatic N) is 1. The van der Waals surface area contributed by atoms with Crippen LogP contribution < -0.4 is 0 Å². The second-order valence-electron chi connectivity index (χ2n) is 1.47. The number of rotatable bonds is 0. The van der Waals surface area contributed by atoms with Gasteiger partial charge in [0.05, 0.1) is 0 Å². The van der Waals surface area contributed by atoms with Crippen molar-refractivity contribution < 1.29 is 0 Å². The average Bonchev–Trinajstić information content (AvgIpc) is 1.69. The number of aromatic nitrogens is 1. The minimum Gasteiger partial charge on any atom is -0.262 e. The van der Waals surface area contributed by atoms with Gasteiger partial charge in [0.25, 0.3) is 0 Å². The highest BCUT2D eigenvalue weighted by Crippen LogP contribution is 1.85. The van der Waals surface area contributed by atoms with E-state index in [2.05, 4.69) is 4.98 Å². The Kier molecular flexibility index (Phi) is 3.51. The van der Waals surface area contributed by atoms with E-state index < -0.39 is 0 Å². The van der Waals surface area contributed by atoms with Gasteiger partial charge in [-0.3, -0.25) is 4.98 Å². The second kappa shape index (κ2) is 3.66. The van der Waals surface area contributed by atoms with Crippen molar-refractivity contribution >= 4 is 17.4 Å². The Hall–Kier alpha value is -0.318. The van der Waals surface area contributed by atoms with Crippen molar-refractivity contribution in [2.24, 2.45) is 0 Å². The molecular formula is C6H7AlN. The lowest BCUT2D eigenvalue weighted by Crippen LogP contribution is -1.72. The maximum absolute atomic E-state index is 3.98. The number of pyridine rings is 1. The van der Waals surface area contributed by atoms with Gasteiger partial charge in [0.2, 0.25) is 0 Å². The Bertz CT molecular complexity index is 138. The summed E-state index contributed by atoms with van der Waals surface area (Å²) in [6.45, 7) is 1.97. The van der Waals surface area contributed by atoms with Gasteiger partial charge in [-0.15, -0.1) is 0 Å². The van der Waals surface area contributed by atoms with Gasteiger partial charge in [-0.2, -0.15) is 0 Å². The molecule has 1 heterocycles. The highest BCUT2D eigenvalue weighted by atomic mass is 27.0. The molecule has 39 valence electrons.